The summed E-state index contributed by atoms with van der Waals surface area (Å²) in [7, 11) is 1.57. The maximum atomic E-state index is 13.0. The van der Waals surface area contributed by atoms with Crippen LogP contribution in [0.5, 0.6) is 5.75 Å². The molecule has 0 heterocycles. The molecule has 0 aromatic heterocycles. The van der Waals surface area contributed by atoms with E-state index in [2.05, 4.69) is 5.32 Å². The molecule has 2 amide bonds. The lowest BCUT2D eigenvalue weighted by Gasteiger charge is -2.30. The van der Waals surface area contributed by atoms with Crippen LogP contribution < -0.4 is 10.1 Å². The molecule has 0 aliphatic heterocycles. The van der Waals surface area contributed by atoms with E-state index in [1.54, 1.807) is 13.1 Å². The average molecular weight is 403 g/mol. The molecule has 0 aliphatic carbocycles. The monoisotopic (exact) mass is 402 g/mol. The number of hydrogen-bond donors (Lipinski definition) is 1. The van der Waals surface area contributed by atoms with Gasteiger partial charge in [0.1, 0.15) is 11.8 Å². The maximum absolute atomic E-state index is 13.0. The van der Waals surface area contributed by atoms with E-state index in [1.807, 2.05) is 57.2 Å². The van der Waals surface area contributed by atoms with Crippen molar-refractivity contribution in [1.29, 1.82) is 0 Å². The van der Waals surface area contributed by atoms with Crippen molar-refractivity contribution >= 4 is 23.4 Å². The Hall–Kier alpha value is -2.53. The summed E-state index contributed by atoms with van der Waals surface area (Å²) in [5.41, 5.74) is 2.87. The van der Waals surface area contributed by atoms with Crippen molar-refractivity contribution in [3.8, 4) is 5.75 Å². The van der Waals surface area contributed by atoms with Crippen molar-refractivity contribution < 1.29 is 14.3 Å². The third-order valence-corrected chi connectivity index (χ3v) is 5.21. The molecular weight excluding hydrogens is 376 g/mol. The van der Waals surface area contributed by atoms with Gasteiger partial charge in [0.2, 0.25) is 5.91 Å². The zero-order valence-corrected chi connectivity index (χ0v) is 17.5. The van der Waals surface area contributed by atoms with Crippen LogP contribution in [0.2, 0.25) is 5.02 Å². The van der Waals surface area contributed by atoms with E-state index >= 15 is 0 Å². The second-order valence-electron chi connectivity index (χ2n) is 6.64. The van der Waals surface area contributed by atoms with Crippen molar-refractivity contribution in [3.05, 3.63) is 64.2 Å². The Morgan fingerprint density at radius 2 is 1.86 bits per heavy atom. The van der Waals surface area contributed by atoms with Crippen LogP contribution in [0.1, 0.15) is 30.0 Å². The Balaban J connectivity index is 2.24. The van der Waals surface area contributed by atoms with Gasteiger partial charge in [0.25, 0.3) is 5.91 Å². The van der Waals surface area contributed by atoms with Crippen LogP contribution >= 0.6 is 11.6 Å². The predicted molar refractivity (Wildman–Crippen MR) is 112 cm³/mol. The fraction of sp³-hybridized carbons (Fsp3) is 0.364. The van der Waals surface area contributed by atoms with Crippen molar-refractivity contribution in [2.75, 3.05) is 13.7 Å². The van der Waals surface area contributed by atoms with Gasteiger partial charge in [-0.25, -0.2) is 0 Å². The van der Waals surface area contributed by atoms with Crippen LogP contribution in [0.25, 0.3) is 0 Å². The minimum atomic E-state index is -0.601. The Morgan fingerprint density at radius 1 is 1.14 bits per heavy atom. The molecule has 0 saturated heterocycles. The summed E-state index contributed by atoms with van der Waals surface area (Å²) >= 11 is 6.28. The lowest BCUT2D eigenvalue weighted by atomic mass is 10.1. The van der Waals surface area contributed by atoms with Crippen molar-refractivity contribution in [2.24, 2.45) is 0 Å². The molecule has 0 radical (unpaired) electrons. The molecular formula is C22H27ClN2O3. The number of carbonyl (C=O) groups excluding carboxylic acids is 2. The number of hydrogen-bond acceptors (Lipinski definition) is 3. The van der Waals surface area contributed by atoms with Gasteiger partial charge in [-0.05, 0) is 49.1 Å². The standard InChI is InChI=1S/C22H27ClN2O3/c1-5-19(22(27)24-4)25(13-17-10-6-7-11-18(17)23)21(26)14-28-20-12-8-9-15(2)16(20)3/h6-12,19H,5,13-14H2,1-4H3,(H,24,27)/t19-/m1/s1. The highest BCUT2D eigenvalue weighted by Gasteiger charge is 2.28. The first-order chi connectivity index (χ1) is 13.4. The van der Waals surface area contributed by atoms with Crippen molar-refractivity contribution in [1.82, 2.24) is 10.2 Å². The first-order valence-electron chi connectivity index (χ1n) is 9.32. The number of rotatable bonds is 8. The molecule has 5 nitrogen and oxygen atoms in total. The van der Waals surface area contributed by atoms with E-state index in [0.29, 0.717) is 17.2 Å². The van der Waals surface area contributed by atoms with Gasteiger partial charge in [-0.15, -0.1) is 0 Å². The Kier molecular flexibility index (Phi) is 7.88. The van der Waals surface area contributed by atoms with Gasteiger partial charge < -0.3 is 15.0 Å². The van der Waals surface area contributed by atoms with Crippen LogP contribution in [-0.2, 0) is 16.1 Å². The normalized spacial score (nSPS) is 11.6. The number of aryl methyl sites for hydroxylation is 1. The first kappa shape index (κ1) is 21.8. The molecule has 0 unspecified atom stereocenters. The number of ether oxygens (including phenoxy) is 1. The second-order valence-corrected chi connectivity index (χ2v) is 7.05. The van der Waals surface area contributed by atoms with E-state index in [4.69, 9.17) is 16.3 Å². The maximum Gasteiger partial charge on any atom is 0.261 e. The Labute approximate surface area is 171 Å². The Bertz CT molecular complexity index is 838. The summed E-state index contributed by atoms with van der Waals surface area (Å²) in [5.74, 6) is 0.185. The van der Waals surface area contributed by atoms with E-state index in [-0.39, 0.29) is 25.0 Å². The molecule has 6 heteroatoms. The lowest BCUT2D eigenvalue weighted by Crippen LogP contribution is -2.49. The van der Waals surface area contributed by atoms with Gasteiger partial charge in [-0.2, -0.15) is 0 Å². The summed E-state index contributed by atoms with van der Waals surface area (Å²) in [6, 6.07) is 12.4. The highest BCUT2D eigenvalue weighted by Crippen LogP contribution is 2.22. The van der Waals surface area contributed by atoms with E-state index in [1.165, 1.54) is 4.90 Å². The molecule has 0 fully saturated rings. The van der Waals surface area contributed by atoms with Gasteiger partial charge in [-0.1, -0.05) is 48.9 Å². The third kappa shape index (κ3) is 5.26. The topological polar surface area (TPSA) is 58.6 Å². The number of likely N-dealkylation sites (N-methyl/N-ethyl adjacent to an activating group) is 1. The highest BCUT2D eigenvalue weighted by atomic mass is 35.5. The minimum Gasteiger partial charge on any atom is -0.483 e. The summed E-state index contributed by atoms with van der Waals surface area (Å²) in [4.78, 5) is 26.9. The third-order valence-electron chi connectivity index (χ3n) is 4.84. The Morgan fingerprint density at radius 3 is 2.50 bits per heavy atom. The van der Waals surface area contributed by atoms with Gasteiger partial charge in [0, 0.05) is 18.6 Å². The molecule has 28 heavy (non-hydrogen) atoms. The van der Waals surface area contributed by atoms with E-state index in [9.17, 15) is 9.59 Å². The zero-order valence-electron chi connectivity index (χ0n) is 16.8. The predicted octanol–water partition coefficient (Wildman–Crippen LogP) is 3.89. The summed E-state index contributed by atoms with van der Waals surface area (Å²) in [5, 5.41) is 3.19. The van der Waals surface area contributed by atoms with Gasteiger partial charge in [0.15, 0.2) is 6.61 Å². The molecule has 150 valence electrons. The van der Waals surface area contributed by atoms with Gasteiger partial charge in [-0.3, -0.25) is 9.59 Å². The fourth-order valence-corrected chi connectivity index (χ4v) is 3.19. The molecule has 2 aromatic rings. The molecule has 1 atom stereocenters. The first-order valence-corrected chi connectivity index (χ1v) is 9.70. The molecule has 2 aromatic carbocycles. The van der Waals surface area contributed by atoms with Crippen LogP contribution in [0.15, 0.2) is 42.5 Å². The lowest BCUT2D eigenvalue weighted by molar-refractivity contribution is -0.142. The van der Waals surface area contributed by atoms with Crippen LogP contribution in [-0.4, -0.2) is 36.4 Å². The number of nitrogens with one attached hydrogen (secondary N) is 1. The van der Waals surface area contributed by atoms with E-state index < -0.39 is 6.04 Å². The number of halogens is 1. The fourth-order valence-electron chi connectivity index (χ4n) is 3.00. The van der Waals surface area contributed by atoms with Crippen molar-refractivity contribution in [2.45, 2.75) is 39.8 Å². The molecule has 0 aliphatic rings. The van der Waals surface area contributed by atoms with E-state index in [0.717, 1.165) is 16.7 Å². The van der Waals surface area contributed by atoms with Gasteiger partial charge in [0.05, 0.1) is 0 Å². The van der Waals surface area contributed by atoms with Crippen LogP contribution in [0.4, 0.5) is 0 Å². The molecule has 0 bridgehead atoms. The summed E-state index contributed by atoms with van der Waals surface area (Å²) in [6.45, 7) is 5.91. The van der Waals surface area contributed by atoms with Crippen molar-refractivity contribution in [3.63, 3.8) is 0 Å². The smallest absolute Gasteiger partial charge is 0.261 e. The molecule has 0 spiro atoms. The summed E-state index contributed by atoms with van der Waals surface area (Å²) in [6.07, 6.45) is 0.485. The largest absolute Gasteiger partial charge is 0.483 e. The van der Waals surface area contributed by atoms with Crippen LogP contribution in [0, 0.1) is 13.8 Å². The minimum absolute atomic E-state index is 0.151. The molecule has 1 N–H and O–H groups in total. The molecule has 2 rings (SSSR count). The average Bonchev–Trinajstić information content (AvgIpc) is 2.69. The highest BCUT2D eigenvalue weighted by molar-refractivity contribution is 6.31. The zero-order chi connectivity index (χ0) is 20.7. The summed E-state index contributed by atoms with van der Waals surface area (Å²) < 4.78 is 5.78. The second kappa shape index (κ2) is 10.1. The SMILES string of the molecule is CC[C@H](C(=O)NC)N(Cc1ccccc1Cl)C(=O)COc1cccc(C)c1C. The number of amides is 2. The molecule has 0 saturated carbocycles. The van der Waals surface area contributed by atoms with Gasteiger partial charge >= 0.3 is 0 Å². The van der Waals surface area contributed by atoms with Crippen LogP contribution in [0.3, 0.4) is 0 Å². The number of benzene rings is 2. The number of carbonyl (C=O) groups is 2. The quantitative estimate of drug-likeness (QED) is 0.728. The number of nitrogens with zero attached hydrogens (tertiary/aromatic N) is 1.